The summed E-state index contributed by atoms with van der Waals surface area (Å²) in [6.45, 7) is 3.82. The first-order valence-electron chi connectivity index (χ1n) is 6.11. The molecule has 1 heterocycles. The molecule has 0 unspecified atom stereocenters. The summed E-state index contributed by atoms with van der Waals surface area (Å²) in [6, 6.07) is 0. The third-order valence-electron chi connectivity index (χ3n) is 2.24. The zero-order valence-electron chi connectivity index (χ0n) is 10.8. The fourth-order valence-electron chi connectivity index (χ4n) is 1.41. The van der Waals surface area contributed by atoms with Crippen LogP contribution in [0.2, 0.25) is 0 Å². The molecule has 1 aromatic heterocycles. The molecule has 19 heavy (non-hydrogen) atoms. The molecule has 0 atom stereocenters. The van der Waals surface area contributed by atoms with Crippen LogP contribution in [-0.2, 0) is 27.2 Å². The van der Waals surface area contributed by atoms with Gasteiger partial charge in [0, 0.05) is 25.1 Å². The van der Waals surface area contributed by atoms with Crippen molar-refractivity contribution < 1.29 is 19.4 Å². The van der Waals surface area contributed by atoms with E-state index in [1.54, 1.807) is 5.38 Å². The summed E-state index contributed by atoms with van der Waals surface area (Å²) in [5.74, 6) is -1.02. The number of hydrogen-bond donors (Lipinski definition) is 2. The Balaban J connectivity index is 2.24. The van der Waals surface area contributed by atoms with Gasteiger partial charge in [0.25, 0.3) is 0 Å². The van der Waals surface area contributed by atoms with Crippen molar-refractivity contribution in [2.75, 3.05) is 19.8 Å². The predicted molar refractivity (Wildman–Crippen MR) is 71.3 cm³/mol. The van der Waals surface area contributed by atoms with Gasteiger partial charge < -0.3 is 15.2 Å². The number of ether oxygens (including phenoxy) is 1. The molecule has 6 nitrogen and oxygen atoms in total. The van der Waals surface area contributed by atoms with Gasteiger partial charge in [-0.05, 0) is 13.3 Å². The van der Waals surface area contributed by atoms with Crippen molar-refractivity contribution in [3.63, 3.8) is 0 Å². The quantitative estimate of drug-likeness (QED) is 0.657. The summed E-state index contributed by atoms with van der Waals surface area (Å²) in [5, 5.41) is 13.7. The summed E-state index contributed by atoms with van der Waals surface area (Å²) in [6.07, 6.45) is 0.868. The van der Waals surface area contributed by atoms with E-state index in [4.69, 9.17) is 9.84 Å². The second-order valence-corrected chi connectivity index (χ2v) is 4.82. The highest BCUT2D eigenvalue weighted by Crippen LogP contribution is 2.10. The molecule has 1 aromatic rings. The highest BCUT2D eigenvalue weighted by molar-refractivity contribution is 7.09. The Morgan fingerprint density at radius 2 is 2.26 bits per heavy atom. The number of carboxylic acids is 1. The number of carbonyl (C=O) groups excluding carboxylic acids is 1. The number of amides is 1. The molecule has 0 saturated carbocycles. The van der Waals surface area contributed by atoms with Crippen molar-refractivity contribution in [3.05, 3.63) is 16.1 Å². The zero-order chi connectivity index (χ0) is 14.1. The molecule has 0 saturated heterocycles. The highest BCUT2D eigenvalue weighted by atomic mass is 32.1. The van der Waals surface area contributed by atoms with E-state index in [0.717, 1.165) is 6.42 Å². The number of nitrogens with zero attached hydrogens (tertiary/aromatic N) is 1. The first kappa shape index (κ1) is 15.6. The minimum atomic E-state index is -0.919. The van der Waals surface area contributed by atoms with Crippen molar-refractivity contribution in [1.29, 1.82) is 0 Å². The van der Waals surface area contributed by atoms with Crippen molar-refractivity contribution in [1.82, 2.24) is 10.3 Å². The van der Waals surface area contributed by atoms with Crippen LogP contribution >= 0.6 is 11.3 Å². The van der Waals surface area contributed by atoms with Crippen LogP contribution in [0.25, 0.3) is 0 Å². The number of thiazole rings is 1. The van der Waals surface area contributed by atoms with Gasteiger partial charge in [-0.1, -0.05) is 0 Å². The molecule has 1 rings (SSSR count). The van der Waals surface area contributed by atoms with Gasteiger partial charge in [-0.25, -0.2) is 4.98 Å². The molecule has 0 aliphatic heterocycles. The Bertz CT molecular complexity index is 420. The lowest BCUT2D eigenvalue weighted by molar-refractivity contribution is -0.136. The Kier molecular flexibility index (Phi) is 7.06. The maximum absolute atomic E-state index is 11.6. The van der Waals surface area contributed by atoms with Crippen LogP contribution in [0.15, 0.2) is 5.38 Å². The lowest BCUT2D eigenvalue weighted by Crippen LogP contribution is -2.26. The number of aromatic nitrogens is 1. The van der Waals surface area contributed by atoms with Crippen LogP contribution in [0.4, 0.5) is 0 Å². The van der Waals surface area contributed by atoms with E-state index in [2.05, 4.69) is 10.3 Å². The maximum atomic E-state index is 11.6. The molecule has 0 bridgehead atoms. The van der Waals surface area contributed by atoms with E-state index in [1.807, 2.05) is 6.92 Å². The van der Waals surface area contributed by atoms with Gasteiger partial charge >= 0.3 is 5.97 Å². The third kappa shape index (κ3) is 6.88. The smallest absolute Gasteiger partial charge is 0.309 e. The number of nitrogens with one attached hydrogen (secondary N) is 1. The van der Waals surface area contributed by atoms with Crippen LogP contribution in [0.1, 0.15) is 24.0 Å². The highest BCUT2D eigenvalue weighted by Gasteiger charge is 2.09. The van der Waals surface area contributed by atoms with Crippen LogP contribution in [0.5, 0.6) is 0 Å². The Hall–Kier alpha value is -1.47. The molecule has 1 amide bonds. The van der Waals surface area contributed by atoms with E-state index < -0.39 is 5.97 Å². The molecule has 7 heteroatoms. The molecule has 0 aliphatic carbocycles. The van der Waals surface area contributed by atoms with Gasteiger partial charge in [0.1, 0.15) is 5.01 Å². The van der Waals surface area contributed by atoms with Crippen molar-refractivity contribution >= 4 is 23.2 Å². The standard InChI is InChI=1S/C12H18N2O4S/c1-2-18-5-3-4-13-10(15)7-11-14-9(8-19-11)6-12(16)17/h8H,2-7H2,1H3,(H,13,15)(H,16,17). The molecular weight excluding hydrogens is 268 g/mol. The first-order chi connectivity index (χ1) is 9.11. The van der Waals surface area contributed by atoms with Gasteiger partial charge in [0.05, 0.1) is 18.5 Å². The van der Waals surface area contributed by atoms with Crippen molar-refractivity contribution in [3.8, 4) is 0 Å². The van der Waals surface area contributed by atoms with Gasteiger partial charge in [0.2, 0.25) is 5.91 Å². The van der Waals surface area contributed by atoms with E-state index in [-0.39, 0.29) is 18.7 Å². The molecule has 2 N–H and O–H groups in total. The summed E-state index contributed by atoms with van der Waals surface area (Å²) < 4.78 is 5.16. The SMILES string of the molecule is CCOCCCNC(=O)Cc1nc(CC(=O)O)cs1. The van der Waals surface area contributed by atoms with E-state index in [1.165, 1.54) is 11.3 Å². The lowest BCUT2D eigenvalue weighted by Gasteiger charge is -2.03. The Morgan fingerprint density at radius 3 is 2.95 bits per heavy atom. The molecule has 0 aromatic carbocycles. The molecular formula is C12H18N2O4S. The number of carboxylic acid groups (broad SMARTS) is 1. The van der Waals surface area contributed by atoms with E-state index in [9.17, 15) is 9.59 Å². The average molecular weight is 286 g/mol. The topological polar surface area (TPSA) is 88.5 Å². The summed E-state index contributed by atoms with van der Waals surface area (Å²) in [7, 11) is 0. The van der Waals surface area contributed by atoms with Crippen LogP contribution in [0.3, 0.4) is 0 Å². The summed E-state index contributed by atoms with van der Waals surface area (Å²) in [4.78, 5) is 26.2. The zero-order valence-corrected chi connectivity index (χ0v) is 11.7. The number of aliphatic carboxylic acids is 1. The monoisotopic (exact) mass is 286 g/mol. The van der Waals surface area contributed by atoms with Gasteiger partial charge in [-0.2, -0.15) is 0 Å². The molecule has 0 radical (unpaired) electrons. The lowest BCUT2D eigenvalue weighted by atomic mass is 10.3. The predicted octanol–water partition coefficient (Wildman–Crippen LogP) is 0.856. The number of hydrogen-bond acceptors (Lipinski definition) is 5. The summed E-state index contributed by atoms with van der Waals surface area (Å²) >= 11 is 1.31. The van der Waals surface area contributed by atoms with E-state index in [0.29, 0.717) is 30.5 Å². The summed E-state index contributed by atoms with van der Waals surface area (Å²) in [5.41, 5.74) is 0.497. The minimum Gasteiger partial charge on any atom is -0.481 e. The normalized spacial score (nSPS) is 10.4. The molecule has 0 fully saturated rings. The maximum Gasteiger partial charge on any atom is 0.309 e. The number of carbonyl (C=O) groups is 2. The molecule has 0 spiro atoms. The second kappa shape index (κ2) is 8.60. The molecule has 0 aliphatic rings. The van der Waals surface area contributed by atoms with Gasteiger partial charge in [-0.15, -0.1) is 11.3 Å². The fourth-order valence-corrected chi connectivity index (χ4v) is 2.20. The van der Waals surface area contributed by atoms with Crippen molar-refractivity contribution in [2.45, 2.75) is 26.2 Å². The van der Waals surface area contributed by atoms with Gasteiger partial charge in [0.15, 0.2) is 0 Å². The number of rotatable bonds is 9. The Morgan fingerprint density at radius 1 is 1.47 bits per heavy atom. The van der Waals surface area contributed by atoms with Crippen molar-refractivity contribution in [2.24, 2.45) is 0 Å². The largest absolute Gasteiger partial charge is 0.481 e. The minimum absolute atomic E-state index is 0.104. The van der Waals surface area contributed by atoms with Crippen LogP contribution < -0.4 is 5.32 Å². The third-order valence-corrected chi connectivity index (χ3v) is 3.13. The fraction of sp³-hybridized carbons (Fsp3) is 0.583. The van der Waals surface area contributed by atoms with Crippen LogP contribution in [-0.4, -0.2) is 41.7 Å². The molecule has 106 valence electrons. The van der Waals surface area contributed by atoms with Crippen LogP contribution in [0, 0.1) is 0 Å². The average Bonchev–Trinajstić information content (AvgIpc) is 2.75. The van der Waals surface area contributed by atoms with E-state index >= 15 is 0 Å². The van der Waals surface area contributed by atoms with Gasteiger partial charge in [-0.3, -0.25) is 9.59 Å². The Labute approximate surface area is 115 Å². The first-order valence-corrected chi connectivity index (χ1v) is 6.99. The second-order valence-electron chi connectivity index (χ2n) is 3.88.